The summed E-state index contributed by atoms with van der Waals surface area (Å²) in [6.07, 6.45) is 2.69. The van der Waals surface area contributed by atoms with E-state index in [9.17, 15) is 8.42 Å². The average Bonchev–Trinajstić information content (AvgIpc) is 2.64. The van der Waals surface area contributed by atoms with Crippen LogP contribution < -0.4 is 13.8 Å². The summed E-state index contributed by atoms with van der Waals surface area (Å²) >= 11 is 1.33. The van der Waals surface area contributed by atoms with Gasteiger partial charge < -0.3 is 9.47 Å². The first-order valence-electron chi connectivity index (χ1n) is 8.35. The quantitative estimate of drug-likeness (QED) is 0.487. The highest BCUT2D eigenvalue weighted by atomic mass is 32.2. The van der Waals surface area contributed by atoms with Gasteiger partial charge in [-0.05, 0) is 30.4 Å². The zero-order chi connectivity index (χ0) is 19.4. The molecule has 0 unspecified atom stereocenters. The molecule has 0 aliphatic carbocycles. The second-order valence-electron chi connectivity index (χ2n) is 5.87. The van der Waals surface area contributed by atoms with Crippen LogP contribution in [0.15, 0.2) is 35.5 Å². The van der Waals surface area contributed by atoms with Crippen LogP contribution in [-0.2, 0) is 16.8 Å². The van der Waals surface area contributed by atoms with E-state index >= 15 is 0 Å². The summed E-state index contributed by atoms with van der Waals surface area (Å²) in [4.78, 5) is 8.63. The predicted octanol–water partition coefficient (Wildman–Crippen LogP) is 2.17. The van der Waals surface area contributed by atoms with Crippen molar-refractivity contribution < 1.29 is 17.9 Å². The van der Waals surface area contributed by atoms with Crippen LogP contribution in [0, 0.1) is 0 Å². The first-order chi connectivity index (χ1) is 13.0. The van der Waals surface area contributed by atoms with Gasteiger partial charge in [0.2, 0.25) is 5.88 Å². The normalized spacial score (nSPS) is 14.5. The molecule has 0 spiro atoms. The Bertz CT molecular complexity index is 864. The van der Waals surface area contributed by atoms with Gasteiger partial charge in [0.05, 0.1) is 20.8 Å². The van der Waals surface area contributed by atoms with Crippen molar-refractivity contribution in [2.75, 3.05) is 37.9 Å². The fourth-order valence-corrected chi connectivity index (χ4v) is 4.56. The molecule has 3 rings (SSSR count). The monoisotopic (exact) mass is 410 g/mol. The number of benzene rings is 1. The van der Waals surface area contributed by atoms with E-state index in [-0.39, 0.29) is 12.4 Å². The topological polar surface area (TPSA) is 84.9 Å². The van der Waals surface area contributed by atoms with Crippen molar-refractivity contribution in [3.05, 3.63) is 35.9 Å². The van der Waals surface area contributed by atoms with Gasteiger partial charge in [-0.25, -0.2) is 9.29 Å². The lowest BCUT2D eigenvalue weighted by Crippen LogP contribution is -2.50. The van der Waals surface area contributed by atoms with Crippen LogP contribution in [-0.4, -0.2) is 56.3 Å². The highest BCUT2D eigenvalue weighted by Crippen LogP contribution is 2.28. The molecule has 10 heteroatoms. The molecule has 8 nitrogen and oxygen atoms in total. The van der Waals surface area contributed by atoms with Crippen molar-refractivity contribution in [1.29, 1.82) is 0 Å². The predicted molar refractivity (Wildman–Crippen MR) is 105 cm³/mol. The van der Waals surface area contributed by atoms with E-state index < -0.39 is 10.2 Å². The molecule has 2 aromatic rings. The lowest BCUT2D eigenvalue weighted by Gasteiger charge is -2.35. The summed E-state index contributed by atoms with van der Waals surface area (Å²) in [5.74, 6) is 1.32. The number of aromatic nitrogens is 2. The van der Waals surface area contributed by atoms with Crippen LogP contribution in [0.1, 0.15) is 12.0 Å². The van der Waals surface area contributed by atoms with E-state index in [0.29, 0.717) is 29.9 Å². The van der Waals surface area contributed by atoms with Crippen LogP contribution in [0.3, 0.4) is 0 Å². The molecule has 1 aliphatic rings. The molecule has 0 amide bonds. The molecule has 0 saturated carbocycles. The number of ether oxygens (including phenoxy) is 2. The maximum absolute atomic E-state index is 13.2. The molecule has 146 valence electrons. The lowest BCUT2D eigenvalue weighted by atomic mass is 10.2. The van der Waals surface area contributed by atoms with Crippen molar-refractivity contribution in [2.45, 2.75) is 18.1 Å². The summed E-state index contributed by atoms with van der Waals surface area (Å²) in [5.41, 5.74) is 0.822. The van der Waals surface area contributed by atoms with Gasteiger partial charge in [-0.15, -0.1) is 0 Å². The minimum absolute atomic E-state index is 0.150. The number of nitrogens with zero attached hydrogens (tertiary/aromatic N) is 4. The van der Waals surface area contributed by atoms with E-state index in [1.54, 1.807) is 25.3 Å². The Morgan fingerprint density at radius 2 is 1.85 bits per heavy atom. The minimum atomic E-state index is -3.70. The van der Waals surface area contributed by atoms with Gasteiger partial charge in [0.25, 0.3) is 0 Å². The van der Waals surface area contributed by atoms with Gasteiger partial charge in [0, 0.05) is 19.2 Å². The number of rotatable bonds is 8. The molecule has 2 heterocycles. The largest absolute Gasteiger partial charge is 0.497 e. The van der Waals surface area contributed by atoms with Crippen LogP contribution >= 0.6 is 11.8 Å². The van der Waals surface area contributed by atoms with Crippen LogP contribution in [0.4, 0.5) is 5.82 Å². The zero-order valence-corrected chi connectivity index (χ0v) is 17.1. The molecular weight excluding hydrogens is 388 g/mol. The Kier molecular flexibility index (Phi) is 6.08. The summed E-state index contributed by atoms with van der Waals surface area (Å²) < 4.78 is 39.5. The fourth-order valence-electron chi connectivity index (χ4n) is 2.55. The second kappa shape index (κ2) is 8.32. The Morgan fingerprint density at radius 1 is 1.15 bits per heavy atom. The molecule has 1 aliphatic heterocycles. The van der Waals surface area contributed by atoms with Crippen molar-refractivity contribution >= 4 is 27.8 Å². The van der Waals surface area contributed by atoms with E-state index in [0.717, 1.165) is 12.0 Å². The molecule has 1 fully saturated rings. The van der Waals surface area contributed by atoms with Crippen LogP contribution in [0.5, 0.6) is 11.6 Å². The fraction of sp³-hybridized carbons (Fsp3) is 0.412. The third-order valence-electron chi connectivity index (χ3n) is 4.22. The van der Waals surface area contributed by atoms with Gasteiger partial charge in [0.1, 0.15) is 5.75 Å². The number of methoxy groups -OCH3 is 2. The Balaban J connectivity index is 2.01. The van der Waals surface area contributed by atoms with Crippen LogP contribution in [0.2, 0.25) is 0 Å². The van der Waals surface area contributed by atoms with Crippen molar-refractivity contribution in [1.82, 2.24) is 14.3 Å². The first kappa shape index (κ1) is 19.7. The Hall–Kier alpha value is -2.04. The van der Waals surface area contributed by atoms with E-state index in [1.807, 2.05) is 18.4 Å². The zero-order valence-electron chi connectivity index (χ0n) is 15.5. The molecule has 0 N–H and O–H groups in total. The highest BCUT2D eigenvalue weighted by molar-refractivity contribution is 7.98. The lowest BCUT2D eigenvalue weighted by molar-refractivity contribution is 0.307. The minimum Gasteiger partial charge on any atom is -0.497 e. The van der Waals surface area contributed by atoms with Gasteiger partial charge in [-0.1, -0.05) is 23.9 Å². The molecule has 0 bridgehead atoms. The molecule has 1 aromatic carbocycles. The van der Waals surface area contributed by atoms with E-state index in [2.05, 4.69) is 9.97 Å². The van der Waals surface area contributed by atoms with Crippen molar-refractivity contribution in [3.63, 3.8) is 0 Å². The van der Waals surface area contributed by atoms with E-state index in [1.165, 1.54) is 27.5 Å². The van der Waals surface area contributed by atoms with Gasteiger partial charge >= 0.3 is 10.2 Å². The molecule has 27 heavy (non-hydrogen) atoms. The summed E-state index contributed by atoms with van der Waals surface area (Å²) in [5, 5.41) is 0.447. The second-order valence-corrected chi connectivity index (χ2v) is 8.50. The number of anilines is 1. The van der Waals surface area contributed by atoms with Crippen molar-refractivity contribution in [2.24, 2.45) is 0 Å². The molecule has 1 saturated heterocycles. The standard InChI is InChI=1S/C17H22N4O4S2/c1-24-14-7-5-13(6-8-14)12-21(27(22,23)20-9-4-10-20)15-11-16(25-2)19-17(18-15)26-3/h5-8,11H,4,9-10,12H2,1-3H3. The third-order valence-corrected chi connectivity index (χ3v) is 6.66. The Morgan fingerprint density at radius 3 is 2.37 bits per heavy atom. The van der Waals surface area contributed by atoms with Gasteiger partial charge in [-0.2, -0.15) is 17.7 Å². The third kappa shape index (κ3) is 4.28. The molecule has 1 aromatic heterocycles. The number of hydrogen-bond acceptors (Lipinski definition) is 7. The van der Waals surface area contributed by atoms with Crippen molar-refractivity contribution in [3.8, 4) is 11.6 Å². The summed E-state index contributed by atoms with van der Waals surface area (Å²) in [7, 11) is -0.617. The maximum atomic E-state index is 13.2. The smallest absolute Gasteiger partial charge is 0.305 e. The first-order valence-corrected chi connectivity index (χ1v) is 11.0. The SMILES string of the molecule is COc1ccc(CN(c2cc(OC)nc(SC)n2)S(=O)(=O)N2CCC2)cc1. The summed E-state index contributed by atoms with van der Waals surface area (Å²) in [6.45, 7) is 1.18. The van der Waals surface area contributed by atoms with E-state index in [4.69, 9.17) is 9.47 Å². The number of thioether (sulfide) groups is 1. The van der Waals surface area contributed by atoms with Crippen LogP contribution in [0.25, 0.3) is 0 Å². The maximum Gasteiger partial charge on any atom is 0.305 e. The van der Waals surface area contributed by atoms with Gasteiger partial charge in [-0.3, -0.25) is 0 Å². The van der Waals surface area contributed by atoms with Gasteiger partial charge in [0.15, 0.2) is 11.0 Å². The molecule has 0 atom stereocenters. The molecular formula is C17H22N4O4S2. The average molecular weight is 411 g/mol. The number of hydrogen-bond donors (Lipinski definition) is 0. The summed E-state index contributed by atoms with van der Waals surface area (Å²) in [6, 6.07) is 8.83. The highest BCUT2D eigenvalue weighted by Gasteiger charge is 2.35. The Labute approximate surface area is 163 Å². The molecule has 0 radical (unpaired) electrons.